The summed E-state index contributed by atoms with van der Waals surface area (Å²) >= 11 is 0. The van der Waals surface area contributed by atoms with Crippen molar-refractivity contribution in [3.63, 3.8) is 0 Å². The van der Waals surface area contributed by atoms with Crippen molar-refractivity contribution in [2.24, 2.45) is 0 Å². The third kappa shape index (κ3) is 4.84. The topological polar surface area (TPSA) is 88.1 Å². The molecule has 2 rings (SSSR count). The highest BCUT2D eigenvalue weighted by Crippen LogP contribution is 2.16. The molecule has 0 aliphatic carbocycles. The highest BCUT2D eigenvalue weighted by Gasteiger charge is 2.18. The third-order valence-corrected chi connectivity index (χ3v) is 3.40. The maximum Gasteiger partial charge on any atom is 0.319 e. The van der Waals surface area contributed by atoms with Crippen molar-refractivity contribution in [2.75, 3.05) is 17.2 Å². The van der Waals surface area contributed by atoms with Crippen molar-refractivity contribution in [2.45, 2.75) is 33.2 Å². The molecule has 2 aromatic rings. The lowest BCUT2D eigenvalue weighted by molar-refractivity contribution is 0.102. The number of hydrogen-bond acceptors (Lipinski definition) is 3. The molecule has 0 radical (unpaired) electrons. The van der Waals surface area contributed by atoms with E-state index in [1.165, 1.54) is 0 Å². The minimum atomic E-state index is -0.364. The SMILES string of the molecule is CCCCNC(=O)Nc1cn(CC)nc1C(=O)Nc1ccccc1. The van der Waals surface area contributed by atoms with Gasteiger partial charge in [-0.15, -0.1) is 0 Å². The van der Waals surface area contributed by atoms with Gasteiger partial charge < -0.3 is 16.0 Å². The highest BCUT2D eigenvalue weighted by atomic mass is 16.2. The van der Waals surface area contributed by atoms with Gasteiger partial charge in [-0.3, -0.25) is 9.48 Å². The molecule has 0 aliphatic rings. The molecule has 7 nitrogen and oxygen atoms in total. The van der Waals surface area contributed by atoms with E-state index in [1.54, 1.807) is 23.0 Å². The van der Waals surface area contributed by atoms with Crippen LogP contribution in [-0.4, -0.2) is 28.3 Å². The van der Waals surface area contributed by atoms with Gasteiger partial charge in [-0.05, 0) is 25.5 Å². The number of urea groups is 1. The highest BCUT2D eigenvalue weighted by molar-refractivity contribution is 6.08. The largest absolute Gasteiger partial charge is 0.338 e. The van der Waals surface area contributed by atoms with Crippen LogP contribution in [0.4, 0.5) is 16.2 Å². The second kappa shape index (κ2) is 8.71. The van der Waals surface area contributed by atoms with Gasteiger partial charge in [0.05, 0.1) is 5.69 Å². The standard InChI is InChI=1S/C17H23N5O2/c1-3-5-11-18-17(24)20-14-12-22(4-2)21-15(14)16(23)19-13-9-7-6-8-10-13/h6-10,12H,3-5,11H2,1-2H3,(H,19,23)(H2,18,20,24). The number of carbonyl (C=O) groups excluding carboxylic acids is 2. The van der Waals surface area contributed by atoms with Crippen LogP contribution in [0.25, 0.3) is 0 Å². The van der Waals surface area contributed by atoms with Gasteiger partial charge in [0.2, 0.25) is 0 Å². The number of anilines is 2. The Bertz CT molecular complexity index is 682. The van der Waals surface area contributed by atoms with E-state index in [9.17, 15) is 9.59 Å². The molecule has 0 saturated carbocycles. The van der Waals surface area contributed by atoms with Crippen LogP contribution < -0.4 is 16.0 Å². The average molecular weight is 329 g/mol. The molecule has 3 N–H and O–H groups in total. The smallest absolute Gasteiger partial charge is 0.319 e. The fraction of sp³-hybridized carbons (Fsp3) is 0.353. The minimum Gasteiger partial charge on any atom is -0.338 e. The van der Waals surface area contributed by atoms with Crippen molar-refractivity contribution in [3.8, 4) is 0 Å². The number of amides is 3. The van der Waals surface area contributed by atoms with E-state index in [4.69, 9.17) is 0 Å². The predicted octanol–water partition coefficient (Wildman–Crippen LogP) is 3.08. The van der Waals surface area contributed by atoms with E-state index >= 15 is 0 Å². The van der Waals surface area contributed by atoms with Crippen LogP contribution in [0, 0.1) is 0 Å². The molecule has 0 unspecified atom stereocenters. The molecule has 7 heteroatoms. The molecular formula is C17H23N5O2. The van der Waals surface area contributed by atoms with E-state index < -0.39 is 0 Å². The zero-order valence-electron chi connectivity index (χ0n) is 14.0. The zero-order valence-corrected chi connectivity index (χ0v) is 14.0. The van der Waals surface area contributed by atoms with Gasteiger partial charge in [-0.2, -0.15) is 5.10 Å². The van der Waals surface area contributed by atoms with Gasteiger partial charge in [-0.1, -0.05) is 31.5 Å². The molecule has 0 bridgehead atoms. The van der Waals surface area contributed by atoms with Crippen LogP contribution in [0.1, 0.15) is 37.2 Å². The number of aromatic nitrogens is 2. The van der Waals surface area contributed by atoms with Gasteiger partial charge in [-0.25, -0.2) is 4.79 Å². The number of nitrogens with one attached hydrogen (secondary N) is 3. The molecule has 1 aromatic carbocycles. The fourth-order valence-electron chi connectivity index (χ4n) is 2.10. The van der Waals surface area contributed by atoms with E-state index in [0.717, 1.165) is 12.8 Å². The Kier molecular flexibility index (Phi) is 6.36. The maximum absolute atomic E-state index is 12.4. The van der Waals surface area contributed by atoms with Crippen LogP contribution in [0.15, 0.2) is 36.5 Å². The van der Waals surface area contributed by atoms with Gasteiger partial charge in [0, 0.05) is 25.0 Å². The molecule has 0 fully saturated rings. The molecule has 0 spiro atoms. The molecule has 1 aromatic heterocycles. The Morgan fingerprint density at radius 3 is 2.54 bits per heavy atom. The Morgan fingerprint density at radius 2 is 1.88 bits per heavy atom. The van der Waals surface area contributed by atoms with Crippen molar-refractivity contribution < 1.29 is 9.59 Å². The predicted molar refractivity (Wildman–Crippen MR) is 94.2 cm³/mol. The van der Waals surface area contributed by atoms with Crippen LogP contribution in [0.2, 0.25) is 0 Å². The Hall–Kier alpha value is -2.83. The van der Waals surface area contributed by atoms with Crippen LogP contribution in [0.3, 0.4) is 0 Å². The van der Waals surface area contributed by atoms with Crippen molar-refractivity contribution in [1.29, 1.82) is 0 Å². The fourth-order valence-corrected chi connectivity index (χ4v) is 2.10. The van der Waals surface area contributed by atoms with Gasteiger partial charge >= 0.3 is 6.03 Å². The number of rotatable bonds is 7. The first-order chi connectivity index (χ1) is 11.6. The van der Waals surface area contributed by atoms with Gasteiger partial charge in [0.15, 0.2) is 5.69 Å². The monoisotopic (exact) mass is 329 g/mol. The normalized spacial score (nSPS) is 10.2. The maximum atomic E-state index is 12.4. The van der Waals surface area contributed by atoms with E-state index in [0.29, 0.717) is 24.5 Å². The van der Waals surface area contributed by atoms with Crippen molar-refractivity contribution in [3.05, 3.63) is 42.2 Å². The third-order valence-electron chi connectivity index (χ3n) is 3.40. The number of nitrogens with zero attached hydrogens (tertiary/aromatic N) is 2. The number of aryl methyl sites for hydroxylation is 1. The van der Waals surface area contributed by atoms with Crippen molar-refractivity contribution in [1.82, 2.24) is 15.1 Å². The molecule has 3 amide bonds. The summed E-state index contributed by atoms with van der Waals surface area (Å²) in [6, 6.07) is 8.78. The van der Waals surface area contributed by atoms with Crippen LogP contribution >= 0.6 is 0 Å². The Balaban J connectivity index is 2.09. The molecule has 1 heterocycles. The number of hydrogen-bond donors (Lipinski definition) is 3. The lowest BCUT2D eigenvalue weighted by Crippen LogP contribution is -2.30. The van der Waals surface area contributed by atoms with Gasteiger partial charge in [0.1, 0.15) is 0 Å². The first-order valence-electron chi connectivity index (χ1n) is 8.12. The van der Waals surface area contributed by atoms with Gasteiger partial charge in [0.25, 0.3) is 5.91 Å². The number of para-hydroxylation sites is 1. The number of carbonyl (C=O) groups is 2. The first kappa shape index (κ1) is 17.5. The van der Waals surface area contributed by atoms with E-state index in [1.807, 2.05) is 25.1 Å². The van der Waals surface area contributed by atoms with E-state index in [2.05, 4.69) is 28.0 Å². The first-order valence-corrected chi connectivity index (χ1v) is 8.12. The zero-order chi connectivity index (χ0) is 17.4. The van der Waals surface area contributed by atoms with Crippen LogP contribution in [-0.2, 0) is 6.54 Å². The lowest BCUT2D eigenvalue weighted by atomic mass is 10.3. The summed E-state index contributed by atoms with van der Waals surface area (Å²) in [6.45, 7) is 5.16. The second-order valence-corrected chi connectivity index (χ2v) is 5.30. The van der Waals surface area contributed by atoms with Crippen molar-refractivity contribution >= 4 is 23.3 Å². The molecule has 0 atom stereocenters. The second-order valence-electron chi connectivity index (χ2n) is 5.30. The summed E-state index contributed by atoms with van der Waals surface area (Å²) in [5.74, 6) is -0.364. The molecule has 0 aliphatic heterocycles. The van der Waals surface area contributed by atoms with Crippen LogP contribution in [0.5, 0.6) is 0 Å². The minimum absolute atomic E-state index is 0.186. The summed E-state index contributed by atoms with van der Waals surface area (Å²) in [5.41, 5.74) is 1.25. The lowest BCUT2D eigenvalue weighted by Gasteiger charge is -2.07. The summed E-state index contributed by atoms with van der Waals surface area (Å²) in [5, 5.41) is 12.5. The Morgan fingerprint density at radius 1 is 1.12 bits per heavy atom. The summed E-state index contributed by atoms with van der Waals surface area (Å²) in [6.07, 6.45) is 3.56. The number of unbranched alkanes of at least 4 members (excludes halogenated alkanes) is 1. The quantitative estimate of drug-likeness (QED) is 0.682. The summed E-state index contributed by atoms with van der Waals surface area (Å²) in [7, 11) is 0. The van der Waals surface area contributed by atoms with E-state index in [-0.39, 0.29) is 17.6 Å². The molecular weight excluding hydrogens is 306 g/mol. The average Bonchev–Trinajstić information content (AvgIpc) is 2.99. The molecule has 0 saturated heterocycles. The summed E-state index contributed by atoms with van der Waals surface area (Å²) < 4.78 is 1.61. The Labute approximate surface area is 141 Å². The number of benzene rings is 1. The summed E-state index contributed by atoms with van der Waals surface area (Å²) in [4.78, 5) is 24.4. The molecule has 24 heavy (non-hydrogen) atoms. The molecule has 128 valence electrons.